The maximum atomic E-state index is 13.5. The molecule has 0 bridgehead atoms. The quantitative estimate of drug-likeness (QED) is 0.0899. The molecule has 0 aliphatic rings. The lowest BCUT2D eigenvalue weighted by Gasteiger charge is -2.15. The monoisotopic (exact) mass is 689 g/mol. The summed E-state index contributed by atoms with van der Waals surface area (Å²) in [6.07, 6.45) is 1.49. The molecule has 1 unspecified atom stereocenters. The molecule has 13 heteroatoms. The molecule has 0 aliphatic carbocycles. The van der Waals surface area contributed by atoms with Crippen molar-refractivity contribution in [2.24, 2.45) is 0 Å². The second-order valence-corrected chi connectivity index (χ2v) is 11.9. The van der Waals surface area contributed by atoms with Gasteiger partial charge in [0.1, 0.15) is 5.70 Å². The van der Waals surface area contributed by atoms with Crippen LogP contribution in [0.4, 0.5) is 11.4 Å². The number of thioether (sulfide) groups is 1. The van der Waals surface area contributed by atoms with Crippen molar-refractivity contribution >= 4 is 64.5 Å². The van der Waals surface area contributed by atoms with Crippen molar-refractivity contribution in [1.82, 2.24) is 5.32 Å². The normalized spacial score (nSPS) is 11.6. The summed E-state index contributed by atoms with van der Waals surface area (Å²) in [4.78, 5) is 51.5. The highest BCUT2D eigenvalue weighted by atomic mass is 35.5. The van der Waals surface area contributed by atoms with Gasteiger partial charge in [0.05, 0.1) is 37.2 Å². The number of ether oxygens (including phenoxy) is 3. The maximum absolute atomic E-state index is 13.5. The molecule has 0 spiro atoms. The van der Waals surface area contributed by atoms with Crippen molar-refractivity contribution in [3.05, 3.63) is 112 Å². The van der Waals surface area contributed by atoms with Gasteiger partial charge >= 0.3 is 5.97 Å². The lowest BCUT2D eigenvalue weighted by Crippen LogP contribution is -2.30. The molecule has 0 aromatic heterocycles. The average Bonchev–Trinajstić information content (AvgIpc) is 3.09. The van der Waals surface area contributed by atoms with Crippen LogP contribution in [-0.2, 0) is 9.59 Å². The van der Waals surface area contributed by atoms with Crippen molar-refractivity contribution in [3.8, 4) is 17.2 Å². The zero-order chi connectivity index (χ0) is 34.8. The number of carbonyl (C=O) groups is 4. The van der Waals surface area contributed by atoms with Gasteiger partial charge in [-0.1, -0.05) is 29.8 Å². The van der Waals surface area contributed by atoms with Gasteiger partial charge in [0.25, 0.3) is 11.8 Å². The van der Waals surface area contributed by atoms with Gasteiger partial charge in [0, 0.05) is 21.8 Å². The fourth-order valence-corrected chi connectivity index (χ4v) is 5.44. The van der Waals surface area contributed by atoms with Crippen molar-refractivity contribution in [2.75, 3.05) is 32.0 Å². The van der Waals surface area contributed by atoms with Crippen molar-refractivity contribution in [1.29, 1.82) is 0 Å². The third-order valence-corrected chi connectivity index (χ3v) is 8.23. The molecule has 0 saturated carbocycles. The number of carboxylic acid groups (broad SMARTS) is 1. The van der Waals surface area contributed by atoms with E-state index in [1.54, 1.807) is 73.7 Å². The predicted octanol–water partition coefficient (Wildman–Crippen LogP) is 6.59. The van der Waals surface area contributed by atoms with Gasteiger partial charge in [-0.2, -0.15) is 0 Å². The summed E-state index contributed by atoms with van der Waals surface area (Å²) >= 11 is 7.18. The number of carbonyl (C=O) groups excluding carboxylic acids is 3. The van der Waals surface area contributed by atoms with Gasteiger partial charge in [-0.25, -0.2) is 4.79 Å². The van der Waals surface area contributed by atoms with Crippen LogP contribution < -0.4 is 30.2 Å². The molecule has 4 rings (SSSR count). The van der Waals surface area contributed by atoms with Crippen molar-refractivity contribution in [2.45, 2.75) is 17.1 Å². The summed E-state index contributed by atoms with van der Waals surface area (Å²) in [5, 5.41) is 17.0. The zero-order valence-electron chi connectivity index (χ0n) is 26.3. The minimum Gasteiger partial charge on any atom is -0.493 e. The Labute approximate surface area is 286 Å². The molecule has 0 aliphatic heterocycles. The number of aromatic carboxylic acids is 1. The molecular formula is C35H32ClN3O8S. The fourth-order valence-electron chi connectivity index (χ4n) is 4.38. The summed E-state index contributed by atoms with van der Waals surface area (Å²) in [6.45, 7) is 1.71. The Hall–Kier alpha value is -5.46. The Morgan fingerprint density at radius 3 is 2.02 bits per heavy atom. The lowest BCUT2D eigenvalue weighted by molar-refractivity contribution is -0.115. The van der Waals surface area contributed by atoms with Gasteiger partial charge < -0.3 is 35.3 Å². The first-order valence-electron chi connectivity index (χ1n) is 14.3. The number of benzene rings is 4. The van der Waals surface area contributed by atoms with Crippen LogP contribution in [0.3, 0.4) is 0 Å². The van der Waals surface area contributed by atoms with E-state index in [1.165, 1.54) is 57.4 Å². The molecule has 48 heavy (non-hydrogen) atoms. The Balaban J connectivity index is 1.50. The number of anilines is 2. The van der Waals surface area contributed by atoms with E-state index in [-0.39, 0.29) is 22.2 Å². The molecule has 0 heterocycles. The number of rotatable bonds is 13. The molecule has 0 saturated heterocycles. The predicted molar refractivity (Wildman–Crippen MR) is 185 cm³/mol. The highest BCUT2D eigenvalue weighted by Gasteiger charge is 2.19. The second-order valence-electron chi connectivity index (χ2n) is 10.1. The Kier molecular flexibility index (Phi) is 12.1. The molecule has 0 radical (unpaired) electrons. The molecule has 4 aromatic rings. The maximum Gasteiger partial charge on any atom is 0.337 e. The summed E-state index contributed by atoms with van der Waals surface area (Å²) in [5.74, 6) is -1.51. The topological polar surface area (TPSA) is 152 Å². The van der Waals surface area contributed by atoms with Gasteiger partial charge in [0.15, 0.2) is 11.5 Å². The second kappa shape index (κ2) is 16.4. The number of hydrogen-bond donors (Lipinski definition) is 4. The van der Waals surface area contributed by atoms with Crippen LogP contribution in [-0.4, -0.2) is 55.4 Å². The Morgan fingerprint density at radius 1 is 0.812 bits per heavy atom. The number of halogens is 1. The van der Waals surface area contributed by atoms with Crippen LogP contribution in [0.25, 0.3) is 6.08 Å². The minimum atomic E-state index is -1.20. The van der Waals surface area contributed by atoms with E-state index in [2.05, 4.69) is 16.0 Å². The Morgan fingerprint density at radius 2 is 1.44 bits per heavy atom. The van der Waals surface area contributed by atoms with E-state index in [0.29, 0.717) is 39.8 Å². The number of hydrogen-bond acceptors (Lipinski definition) is 8. The Bertz CT molecular complexity index is 1820. The number of nitrogens with one attached hydrogen (secondary N) is 3. The first-order valence-corrected chi connectivity index (χ1v) is 15.6. The molecule has 1 atom stereocenters. The minimum absolute atomic E-state index is 0.0462. The first-order chi connectivity index (χ1) is 23.0. The SMILES string of the molecule is COc1cc(/C=C(\NC(=O)c2ccccc2)C(=O)Nc2ccc(SC(C)C(=O)Nc3ccc(Cl)c(C(=O)O)c3)cc2)cc(OC)c1OC. The molecular weight excluding hydrogens is 658 g/mol. The molecule has 0 fully saturated rings. The van der Waals surface area contributed by atoms with Gasteiger partial charge in [-0.3, -0.25) is 14.4 Å². The van der Waals surface area contributed by atoms with Crippen LogP contribution in [0.1, 0.15) is 33.2 Å². The van der Waals surface area contributed by atoms with Crippen molar-refractivity contribution in [3.63, 3.8) is 0 Å². The molecule has 248 valence electrons. The van der Waals surface area contributed by atoms with Crippen LogP contribution in [0.2, 0.25) is 5.02 Å². The largest absolute Gasteiger partial charge is 0.493 e. The summed E-state index contributed by atoms with van der Waals surface area (Å²) in [5.41, 5.74) is 1.44. The van der Waals surface area contributed by atoms with Crippen LogP contribution in [0.15, 0.2) is 95.5 Å². The van der Waals surface area contributed by atoms with E-state index in [0.717, 1.165) is 4.90 Å². The third kappa shape index (κ3) is 9.08. The summed E-state index contributed by atoms with van der Waals surface area (Å²) in [7, 11) is 4.43. The van der Waals surface area contributed by atoms with Gasteiger partial charge in [-0.05, 0) is 85.3 Å². The van der Waals surface area contributed by atoms with Crippen LogP contribution >= 0.6 is 23.4 Å². The highest BCUT2D eigenvalue weighted by Crippen LogP contribution is 2.38. The molecule has 4 N–H and O–H groups in total. The summed E-state index contributed by atoms with van der Waals surface area (Å²) < 4.78 is 16.3. The average molecular weight is 690 g/mol. The summed E-state index contributed by atoms with van der Waals surface area (Å²) in [6, 6.07) is 22.8. The van der Waals surface area contributed by atoms with Gasteiger partial charge in [0.2, 0.25) is 11.7 Å². The lowest BCUT2D eigenvalue weighted by atomic mass is 10.1. The first kappa shape index (κ1) is 35.4. The number of carboxylic acids is 1. The van der Waals surface area contributed by atoms with E-state index < -0.39 is 23.0 Å². The highest BCUT2D eigenvalue weighted by molar-refractivity contribution is 8.00. The van der Waals surface area contributed by atoms with E-state index in [1.807, 2.05) is 0 Å². The molecule has 3 amide bonds. The van der Waals surface area contributed by atoms with E-state index >= 15 is 0 Å². The zero-order valence-corrected chi connectivity index (χ0v) is 27.9. The third-order valence-electron chi connectivity index (χ3n) is 6.79. The van der Waals surface area contributed by atoms with Crippen LogP contribution in [0.5, 0.6) is 17.2 Å². The molecule has 11 nitrogen and oxygen atoms in total. The standard InChI is InChI=1S/C35H32ClN3O8S/c1-20(32(40)38-24-12-15-27(36)26(19-24)35(43)44)48-25-13-10-23(11-14-25)37-34(42)28(39-33(41)22-8-6-5-7-9-22)16-21-17-29(45-2)31(47-4)30(18-21)46-3/h5-20H,1-4H3,(H,37,42)(H,38,40)(H,39,41)(H,43,44)/b28-16-. The smallest absolute Gasteiger partial charge is 0.337 e. The van der Waals surface area contributed by atoms with Gasteiger partial charge in [-0.15, -0.1) is 11.8 Å². The van der Waals surface area contributed by atoms with Crippen LogP contribution in [0, 0.1) is 0 Å². The fraction of sp³-hybridized carbons (Fsp3) is 0.143. The number of methoxy groups -OCH3 is 3. The van der Waals surface area contributed by atoms with Crippen molar-refractivity contribution < 1.29 is 38.5 Å². The molecule has 4 aromatic carbocycles. The van der Waals surface area contributed by atoms with E-state index in [9.17, 15) is 24.3 Å². The number of amides is 3. The van der Waals surface area contributed by atoms with E-state index in [4.69, 9.17) is 25.8 Å².